The lowest BCUT2D eigenvalue weighted by Gasteiger charge is -2.35. The van der Waals surface area contributed by atoms with Gasteiger partial charge in [0.1, 0.15) is 11.5 Å². The highest BCUT2D eigenvalue weighted by atomic mass is 19.4. The van der Waals surface area contributed by atoms with Gasteiger partial charge >= 0.3 is 6.18 Å². The predicted molar refractivity (Wildman–Crippen MR) is 90.1 cm³/mol. The smallest absolute Gasteiger partial charge is 0.366 e. The van der Waals surface area contributed by atoms with Crippen molar-refractivity contribution in [2.75, 3.05) is 31.1 Å². The number of aromatic nitrogens is 2. The fraction of sp³-hybridized carbons (Fsp3) is 0.294. The molecular formula is C17H16F3N5O2. The molecule has 142 valence electrons. The van der Waals surface area contributed by atoms with Crippen LogP contribution in [0, 0.1) is 0 Å². The number of carbonyl (C=O) groups excluding carboxylic acids is 2. The standard InChI is InChI=1S/C17H16F3N5O2/c18-17(19,20)12-2-4-14(23-10-12)24-5-7-25(8-6-24)16(27)13-3-1-11(9-22-13)15(21)26/h1-4,9-10H,5-8H2,(H2,21,26). The quantitative estimate of drug-likeness (QED) is 0.874. The van der Waals surface area contributed by atoms with Gasteiger partial charge in [0, 0.05) is 38.6 Å². The summed E-state index contributed by atoms with van der Waals surface area (Å²) in [6.07, 6.45) is -2.37. The van der Waals surface area contributed by atoms with Crippen molar-refractivity contribution in [3.8, 4) is 0 Å². The Kier molecular flexibility index (Phi) is 4.98. The van der Waals surface area contributed by atoms with Crippen LogP contribution in [-0.4, -0.2) is 52.9 Å². The lowest BCUT2D eigenvalue weighted by molar-refractivity contribution is -0.137. The van der Waals surface area contributed by atoms with E-state index >= 15 is 0 Å². The van der Waals surface area contributed by atoms with E-state index in [-0.39, 0.29) is 17.2 Å². The van der Waals surface area contributed by atoms with Crippen molar-refractivity contribution in [3.05, 3.63) is 53.5 Å². The molecule has 10 heteroatoms. The average molecular weight is 379 g/mol. The van der Waals surface area contributed by atoms with Gasteiger partial charge in [0.25, 0.3) is 5.91 Å². The molecule has 1 fully saturated rings. The maximum absolute atomic E-state index is 12.6. The molecule has 3 rings (SSSR count). The summed E-state index contributed by atoms with van der Waals surface area (Å²) in [5, 5.41) is 0. The van der Waals surface area contributed by atoms with E-state index in [1.807, 2.05) is 4.90 Å². The van der Waals surface area contributed by atoms with Gasteiger partial charge in [0.05, 0.1) is 11.1 Å². The number of hydrogen-bond acceptors (Lipinski definition) is 5. The van der Waals surface area contributed by atoms with Crippen molar-refractivity contribution in [3.63, 3.8) is 0 Å². The van der Waals surface area contributed by atoms with Crippen LogP contribution >= 0.6 is 0 Å². The summed E-state index contributed by atoms with van der Waals surface area (Å²) in [4.78, 5) is 34.7. The van der Waals surface area contributed by atoms with Crippen molar-refractivity contribution >= 4 is 17.6 Å². The van der Waals surface area contributed by atoms with Gasteiger partial charge in [0.2, 0.25) is 5.91 Å². The molecule has 0 bridgehead atoms. The van der Waals surface area contributed by atoms with Crippen molar-refractivity contribution in [1.82, 2.24) is 14.9 Å². The van der Waals surface area contributed by atoms with Gasteiger partial charge in [-0.1, -0.05) is 0 Å². The number of primary amides is 1. The third-order valence-corrected chi connectivity index (χ3v) is 4.23. The van der Waals surface area contributed by atoms with Crippen molar-refractivity contribution in [1.29, 1.82) is 0 Å². The number of carbonyl (C=O) groups is 2. The van der Waals surface area contributed by atoms with Gasteiger partial charge in [-0.3, -0.25) is 14.6 Å². The summed E-state index contributed by atoms with van der Waals surface area (Å²) in [5.41, 5.74) is 4.75. The number of rotatable bonds is 3. The maximum atomic E-state index is 12.6. The highest BCUT2D eigenvalue weighted by Crippen LogP contribution is 2.29. The molecule has 2 amide bonds. The number of nitrogens with two attached hydrogens (primary N) is 1. The Labute approximate surface area is 152 Å². The zero-order chi connectivity index (χ0) is 19.6. The number of amides is 2. The SMILES string of the molecule is NC(=O)c1ccc(C(=O)N2CCN(c3ccc(C(F)(F)F)cn3)CC2)nc1. The van der Waals surface area contributed by atoms with Crippen LogP contribution in [0.2, 0.25) is 0 Å². The van der Waals surface area contributed by atoms with Gasteiger partial charge in [-0.25, -0.2) is 4.98 Å². The zero-order valence-electron chi connectivity index (χ0n) is 14.1. The Hall–Kier alpha value is -3.17. The summed E-state index contributed by atoms with van der Waals surface area (Å²) < 4.78 is 37.8. The van der Waals surface area contributed by atoms with Crippen molar-refractivity contribution < 1.29 is 22.8 Å². The van der Waals surface area contributed by atoms with Crippen LogP contribution in [0.4, 0.5) is 19.0 Å². The van der Waals surface area contributed by atoms with E-state index in [1.54, 1.807) is 4.90 Å². The van der Waals surface area contributed by atoms with E-state index in [2.05, 4.69) is 9.97 Å². The Balaban J connectivity index is 1.61. The molecule has 0 saturated carbocycles. The Morgan fingerprint density at radius 1 is 0.963 bits per heavy atom. The fourth-order valence-corrected chi connectivity index (χ4v) is 2.71. The van der Waals surface area contributed by atoms with Crippen LogP contribution < -0.4 is 10.6 Å². The molecule has 0 aliphatic carbocycles. The Morgan fingerprint density at radius 2 is 1.67 bits per heavy atom. The minimum atomic E-state index is -4.42. The highest BCUT2D eigenvalue weighted by Gasteiger charge is 2.31. The minimum Gasteiger partial charge on any atom is -0.366 e. The summed E-state index contributed by atoms with van der Waals surface area (Å²) >= 11 is 0. The van der Waals surface area contributed by atoms with Crippen LogP contribution in [0.15, 0.2) is 36.7 Å². The number of piperazine rings is 1. The third-order valence-electron chi connectivity index (χ3n) is 4.23. The first-order chi connectivity index (χ1) is 12.8. The molecule has 27 heavy (non-hydrogen) atoms. The van der Waals surface area contributed by atoms with Crippen LogP contribution in [0.5, 0.6) is 0 Å². The number of hydrogen-bond donors (Lipinski definition) is 1. The highest BCUT2D eigenvalue weighted by molar-refractivity contribution is 5.95. The molecule has 2 N–H and O–H groups in total. The van der Waals surface area contributed by atoms with Crippen LogP contribution in [0.3, 0.4) is 0 Å². The van der Waals surface area contributed by atoms with E-state index < -0.39 is 17.6 Å². The van der Waals surface area contributed by atoms with Crippen LogP contribution in [-0.2, 0) is 6.18 Å². The van der Waals surface area contributed by atoms with Crippen LogP contribution in [0.25, 0.3) is 0 Å². The molecule has 2 aromatic heterocycles. The van der Waals surface area contributed by atoms with Crippen molar-refractivity contribution in [2.45, 2.75) is 6.18 Å². The first-order valence-corrected chi connectivity index (χ1v) is 8.09. The molecule has 7 nitrogen and oxygen atoms in total. The molecule has 0 unspecified atom stereocenters. The summed E-state index contributed by atoms with van der Waals surface area (Å²) in [6.45, 7) is 1.62. The number of anilines is 1. The third kappa shape index (κ3) is 4.15. The monoisotopic (exact) mass is 379 g/mol. The van der Waals surface area contributed by atoms with E-state index in [0.717, 1.165) is 12.3 Å². The molecule has 1 saturated heterocycles. The van der Waals surface area contributed by atoms with E-state index in [0.29, 0.717) is 32.0 Å². The van der Waals surface area contributed by atoms with E-state index in [4.69, 9.17) is 5.73 Å². The van der Waals surface area contributed by atoms with Crippen molar-refractivity contribution in [2.24, 2.45) is 5.73 Å². The first kappa shape index (κ1) is 18.6. The van der Waals surface area contributed by atoms with E-state index in [9.17, 15) is 22.8 Å². The molecule has 2 aromatic rings. The minimum absolute atomic E-state index is 0.195. The van der Waals surface area contributed by atoms with Gasteiger partial charge in [-0.15, -0.1) is 0 Å². The molecule has 1 aliphatic heterocycles. The molecule has 1 aliphatic rings. The predicted octanol–water partition coefficient (Wildman–Crippen LogP) is 1.56. The second-order valence-corrected chi connectivity index (χ2v) is 5.98. The normalized spacial score (nSPS) is 14.9. The zero-order valence-corrected chi connectivity index (χ0v) is 14.1. The number of halogens is 3. The fourth-order valence-electron chi connectivity index (χ4n) is 2.71. The molecule has 0 spiro atoms. The summed E-state index contributed by atoms with van der Waals surface area (Å²) in [6, 6.07) is 5.19. The molecule has 0 radical (unpaired) electrons. The van der Waals surface area contributed by atoms with Gasteiger partial charge in [-0.2, -0.15) is 13.2 Å². The maximum Gasteiger partial charge on any atom is 0.417 e. The molecule has 0 atom stereocenters. The second-order valence-electron chi connectivity index (χ2n) is 5.98. The molecule has 0 aromatic carbocycles. The van der Waals surface area contributed by atoms with Gasteiger partial charge < -0.3 is 15.5 Å². The molecular weight excluding hydrogens is 363 g/mol. The number of nitrogens with zero attached hydrogens (tertiary/aromatic N) is 4. The van der Waals surface area contributed by atoms with Crippen LogP contribution in [0.1, 0.15) is 26.4 Å². The Bertz CT molecular complexity index is 829. The first-order valence-electron chi connectivity index (χ1n) is 8.09. The number of alkyl halides is 3. The summed E-state index contributed by atoms with van der Waals surface area (Å²) in [7, 11) is 0. The lowest BCUT2D eigenvalue weighted by atomic mass is 10.2. The second kappa shape index (κ2) is 7.22. The topological polar surface area (TPSA) is 92.4 Å². The number of pyridine rings is 2. The lowest BCUT2D eigenvalue weighted by Crippen LogP contribution is -2.49. The average Bonchev–Trinajstić information content (AvgIpc) is 2.67. The Morgan fingerprint density at radius 3 is 2.15 bits per heavy atom. The van der Waals surface area contributed by atoms with Gasteiger partial charge in [-0.05, 0) is 24.3 Å². The van der Waals surface area contributed by atoms with Gasteiger partial charge in [0.15, 0.2) is 0 Å². The largest absolute Gasteiger partial charge is 0.417 e. The summed E-state index contributed by atoms with van der Waals surface area (Å²) in [5.74, 6) is -0.482. The van der Waals surface area contributed by atoms with E-state index in [1.165, 1.54) is 24.4 Å². The molecule has 3 heterocycles.